The minimum absolute atomic E-state index is 0.0296. The zero-order valence-corrected chi connectivity index (χ0v) is 10.2. The number of nitrogens with one attached hydrogen (secondary N) is 2. The van der Waals surface area contributed by atoms with Crippen LogP contribution in [0.3, 0.4) is 0 Å². The molecular formula is C11H12FN3O2S. The topological polar surface area (TPSA) is 84.2 Å². The monoisotopic (exact) mass is 269 g/mol. The third-order valence-corrected chi connectivity index (χ3v) is 2.14. The molecule has 0 saturated heterocycles. The van der Waals surface area contributed by atoms with Gasteiger partial charge >= 0.3 is 11.8 Å². The Labute approximate surface area is 109 Å². The smallest absolute Gasteiger partial charge is 0.309 e. The third-order valence-electron chi connectivity index (χ3n) is 2.00. The summed E-state index contributed by atoms with van der Waals surface area (Å²) in [7, 11) is 0. The van der Waals surface area contributed by atoms with Gasteiger partial charge in [0.25, 0.3) is 0 Å². The average molecular weight is 269 g/mol. The molecule has 0 spiro atoms. The van der Waals surface area contributed by atoms with E-state index in [4.69, 9.17) is 5.73 Å². The van der Waals surface area contributed by atoms with Gasteiger partial charge in [-0.2, -0.15) is 0 Å². The lowest BCUT2D eigenvalue weighted by molar-refractivity contribution is -0.139. The summed E-state index contributed by atoms with van der Waals surface area (Å²) in [6.45, 7) is 0.109. The number of carbonyl (C=O) groups is 2. The van der Waals surface area contributed by atoms with Crippen LogP contribution in [0.5, 0.6) is 0 Å². The summed E-state index contributed by atoms with van der Waals surface area (Å²) in [5, 5.41) is 4.63. The van der Waals surface area contributed by atoms with E-state index in [-0.39, 0.29) is 23.9 Å². The van der Waals surface area contributed by atoms with Crippen LogP contribution in [-0.4, -0.2) is 23.3 Å². The Morgan fingerprint density at radius 3 is 2.28 bits per heavy atom. The molecule has 1 aromatic carbocycles. The van der Waals surface area contributed by atoms with Crippen molar-refractivity contribution in [3.05, 3.63) is 35.6 Å². The largest absolute Gasteiger partial charge is 0.392 e. The van der Waals surface area contributed by atoms with Crippen molar-refractivity contribution in [1.29, 1.82) is 0 Å². The molecule has 96 valence electrons. The van der Waals surface area contributed by atoms with Gasteiger partial charge in [0, 0.05) is 6.54 Å². The van der Waals surface area contributed by atoms with Gasteiger partial charge in [0.05, 0.1) is 11.5 Å². The van der Waals surface area contributed by atoms with Crippen molar-refractivity contribution in [2.75, 3.05) is 6.54 Å². The third kappa shape index (κ3) is 4.88. The van der Waals surface area contributed by atoms with Crippen molar-refractivity contribution < 1.29 is 14.0 Å². The number of nitrogens with two attached hydrogens (primary N) is 1. The first-order valence-electron chi connectivity index (χ1n) is 5.08. The highest BCUT2D eigenvalue weighted by Gasteiger charge is 2.12. The molecule has 2 amide bonds. The molecule has 0 saturated carbocycles. The number of carbonyl (C=O) groups excluding carboxylic acids is 2. The predicted molar refractivity (Wildman–Crippen MR) is 68.0 cm³/mol. The Balaban J connectivity index is 2.38. The van der Waals surface area contributed by atoms with Crippen LogP contribution in [0.1, 0.15) is 5.56 Å². The van der Waals surface area contributed by atoms with Crippen molar-refractivity contribution in [2.45, 2.75) is 6.54 Å². The maximum absolute atomic E-state index is 12.6. The van der Waals surface area contributed by atoms with E-state index in [2.05, 4.69) is 22.9 Å². The molecule has 5 nitrogen and oxygen atoms in total. The van der Waals surface area contributed by atoms with Crippen LogP contribution >= 0.6 is 12.2 Å². The highest BCUT2D eigenvalue weighted by Crippen LogP contribution is 2.01. The summed E-state index contributed by atoms with van der Waals surface area (Å²) < 4.78 is 12.6. The molecule has 0 aliphatic heterocycles. The van der Waals surface area contributed by atoms with Gasteiger partial charge < -0.3 is 16.4 Å². The van der Waals surface area contributed by atoms with Crippen molar-refractivity contribution >= 4 is 29.0 Å². The molecule has 1 rings (SSSR count). The number of hydrogen-bond acceptors (Lipinski definition) is 3. The van der Waals surface area contributed by atoms with E-state index in [1.54, 1.807) is 0 Å². The standard InChI is InChI=1S/C11H12FN3O2S/c12-8-3-1-7(2-4-8)5-14-10(16)11(17)15-6-9(13)18/h1-4H,5-6H2,(H2,13,18)(H,14,16)(H,15,17). The molecule has 0 heterocycles. The Bertz CT molecular complexity index is 462. The maximum atomic E-state index is 12.6. The van der Waals surface area contributed by atoms with E-state index >= 15 is 0 Å². The predicted octanol–water partition coefficient (Wildman–Crippen LogP) is -0.156. The lowest BCUT2D eigenvalue weighted by atomic mass is 10.2. The van der Waals surface area contributed by atoms with Gasteiger partial charge in [-0.05, 0) is 17.7 Å². The molecule has 4 N–H and O–H groups in total. The Morgan fingerprint density at radius 2 is 1.72 bits per heavy atom. The average Bonchev–Trinajstić information content (AvgIpc) is 2.34. The molecule has 0 atom stereocenters. The summed E-state index contributed by atoms with van der Waals surface area (Å²) in [5.74, 6) is -1.97. The molecule has 0 unspecified atom stereocenters. The van der Waals surface area contributed by atoms with Crippen LogP contribution in [0.2, 0.25) is 0 Å². The molecule has 1 aromatic rings. The number of benzene rings is 1. The molecule has 0 aliphatic rings. The highest BCUT2D eigenvalue weighted by atomic mass is 32.1. The molecule has 0 fully saturated rings. The summed E-state index contributed by atoms with van der Waals surface area (Å²) >= 11 is 4.55. The summed E-state index contributed by atoms with van der Waals surface area (Å²) in [6, 6.07) is 5.58. The second-order valence-corrected chi connectivity index (χ2v) is 3.98. The van der Waals surface area contributed by atoms with E-state index in [9.17, 15) is 14.0 Å². The van der Waals surface area contributed by atoms with Crippen molar-refractivity contribution in [2.24, 2.45) is 5.73 Å². The van der Waals surface area contributed by atoms with Crippen LogP contribution < -0.4 is 16.4 Å². The van der Waals surface area contributed by atoms with Gasteiger partial charge in [0.1, 0.15) is 5.82 Å². The van der Waals surface area contributed by atoms with Crippen LogP contribution in [0.25, 0.3) is 0 Å². The van der Waals surface area contributed by atoms with Gasteiger partial charge in [-0.15, -0.1) is 0 Å². The van der Waals surface area contributed by atoms with E-state index in [0.29, 0.717) is 5.56 Å². The summed E-state index contributed by atoms with van der Waals surface area (Å²) in [4.78, 5) is 22.6. The fourth-order valence-electron chi connectivity index (χ4n) is 1.11. The van der Waals surface area contributed by atoms with Gasteiger partial charge in [0.2, 0.25) is 0 Å². The number of thiocarbonyl (C=S) groups is 1. The zero-order valence-electron chi connectivity index (χ0n) is 9.40. The van der Waals surface area contributed by atoms with Crippen LogP contribution in [0, 0.1) is 5.82 Å². The molecular weight excluding hydrogens is 257 g/mol. The summed E-state index contributed by atoms with van der Waals surface area (Å²) in [6.07, 6.45) is 0. The van der Waals surface area contributed by atoms with Crippen LogP contribution in [-0.2, 0) is 16.1 Å². The Hall–Kier alpha value is -2.02. The maximum Gasteiger partial charge on any atom is 0.309 e. The number of hydrogen-bond donors (Lipinski definition) is 3. The first-order valence-corrected chi connectivity index (χ1v) is 5.48. The summed E-state index contributed by atoms with van der Waals surface area (Å²) in [5.41, 5.74) is 5.86. The first kappa shape index (κ1) is 14.0. The van der Waals surface area contributed by atoms with E-state index < -0.39 is 11.8 Å². The van der Waals surface area contributed by atoms with Crippen molar-refractivity contribution in [1.82, 2.24) is 10.6 Å². The Kier molecular flexibility index (Phi) is 5.19. The number of amides is 2. The van der Waals surface area contributed by atoms with Gasteiger partial charge in [0.15, 0.2) is 0 Å². The van der Waals surface area contributed by atoms with E-state index in [1.807, 2.05) is 0 Å². The van der Waals surface area contributed by atoms with Crippen molar-refractivity contribution in [3.63, 3.8) is 0 Å². The van der Waals surface area contributed by atoms with Gasteiger partial charge in [-0.25, -0.2) is 4.39 Å². The normalized spacial score (nSPS) is 9.61. The van der Waals surface area contributed by atoms with E-state index in [1.165, 1.54) is 24.3 Å². The second-order valence-electron chi connectivity index (χ2n) is 3.46. The molecule has 0 bridgehead atoms. The fourth-order valence-corrected chi connectivity index (χ4v) is 1.18. The first-order chi connectivity index (χ1) is 8.49. The van der Waals surface area contributed by atoms with E-state index in [0.717, 1.165) is 0 Å². The van der Waals surface area contributed by atoms with Crippen molar-refractivity contribution in [3.8, 4) is 0 Å². The van der Waals surface area contributed by atoms with Gasteiger partial charge in [-0.1, -0.05) is 24.4 Å². The number of halogens is 1. The fraction of sp³-hybridized carbons (Fsp3) is 0.182. The molecule has 18 heavy (non-hydrogen) atoms. The lowest BCUT2D eigenvalue weighted by Crippen LogP contribution is -2.42. The minimum atomic E-state index is -0.815. The molecule has 0 radical (unpaired) electrons. The minimum Gasteiger partial charge on any atom is -0.392 e. The second kappa shape index (κ2) is 6.65. The van der Waals surface area contributed by atoms with Gasteiger partial charge in [-0.3, -0.25) is 9.59 Å². The molecule has 7 heteroatoms. The Morgan fingerprint density at radius 1 is 1.17 bits per heavy atom. The highest BCUT2D eigenvalue weighted by molar-refractivity contribution is 7.80. The van der Waals surface area contributed by atoms with Crippen LogP contribution in [0.4, 0.5) is 4.39 Å². The quantitative estimate of drug-likeness (QED) is 0.524. The molecule has 0 aliphatic carbocycles. The lowest BCUT2D eigenvalue weighted by Gasteiger charge is -2.05. The zero-order chi connectivity index (χ0) is 13.5. The molecule has 0 aromatic heterocycles. The van der Waals surface area contributed by atoms with Crippen LogP contribution in [0.15, 0.2) is 24.3 Å². The SMILES string of the molecule is NC(=S)CNC(=O)C(=O)NCc1ccc(F)cc1. The number of rotatable bonds is 4.